The summed E-state index contributed by atoms with van der Waals surface area (Å²) in [5, 5.41) is 0. The molecule has 60 valence electrons. The fraction of sp³-hybridized carbons (Fsp3) is 1.00. The van der Waals surface area contributed by atoms with Crippen LogP contribution < -0.4 is 10.5 Å². The Labute approximate surface area is 64.0 Å². The second kappa shape index (κ2) is 2.98. The number of hydrogen-bond acceptors (Lipinski definition) is 2. The molecule has 0 amide bonds. The van der Waals surface area contributed by atoms with Crippen molar-refractivity contribution in [3.05, 3.63) is 0 Å². The van der Waals surface area contributed by atoms with E-state index in [0.29, 0.717) is 6.54 Å². The van der Waals surface area contributed by atoms with Crippen molar-refractivity contribution in [3.63, 3.8) is 0 Å². The van der Waals surface area contributed by atoms with Crippen molar-refractivity contribution in [1.82, 2.24) is 4.72 Å². The molecule has 1 aliphatic rings. The molecule has 0 aromatic carbocycles. The molecule has 0 bridgehead atoms. The monoisotopic (exact) mass is 162 g/mol. The summed E-state index contributed by atoms with van der Waals surface area (Å²) in [7, 11) is -0.910. The quantitative estimate of drug-likeness (QED) is 0.601. The Balaban J connectivity index is 2.18. The van der Waals surface area contributed by atoms with Crippen LogP contribution in [0.4, 0.5) is 0 Å². The molecule has 0 aromatic heterocycles. The van der Waals surface area contributed by atoms with Gasteiger partial charge in [-0.15, -0.1) is 0 Å². The van der Waals surface area contributed by atoms with Gasteiger partial charge < -0.3 is 5.73 Å². The van der Waals surface area contributed by atoms with E-state index < -0.39 is 11.0 Å². The minimum Gasteiger partial charge on any atom is -0.324 e. The molecular formula is C6H14N2OS. The summed E-state index contributed by atoms with van der Waals surface area (Å²) in [6, 6.07) is 0. The average molecular weight is 162 g/mol. The zero-order valence-corrected chi connectivity index (χ0v) is 7.04. The molecule has 1 fully saturated rings. The van der Waals surface area contributed by atoms with Crippen LogP contribution in [0.25, 0.3) is 0 Å². The van der Waals surface area contributed by atoms with Crippen LogP contribution in [0.15, 0.2) is 0 Å². The lowest BCUT2D eigenvalue weighted by Crippen LogP contribution is -2.54. The molecule has 0 aliphatic heterocycles. The topological polar surface area (TPSA) is 55.1 Å². The third-order valence-electron chi connectivity index (χ3n) is 1.98. The van der Waals surface area contributed by atoms with Crippen LogP contribution in [0.3, 0.4) is 0 Å². The molecule has 1 saturated carbocycles. The summed E-state index contributed by atoms with van der Waals surface area (Å²) in [5.41, 5.74) is 5.80. The molecule has 1 rings (SSSR count). The van der Waals surface area contributed by atoms with E-state index in [2.05, 4.69) is 4.72 Å². The molecular weight excluding hydrogens is 148 g/mol. The summed E-state index contributed by atoms with van der Waals surface area (Å²) in [4.78, 5) is 0. The van der Waals surface area contributed by atoms with E-state index in [1.165, 1.54) is 6.42 Å². The first kappa shape index (κ1) is 8.17. The van der Waals surface area contributed by atoms with Gasteiger partial charge in [-0.3, -0.25) is 0 Å². The van der Waals surface area contributed by atoms with Crippen molar-refractivity contribution in [2.75, 3.05) is 12.8 Å². The number of nitrogens with one attached hydrogen (secondary N) is 1. The van der Waals surface area contributed by atoms with Gasteiger partial charge in [-0.05, 0) is 19.3 Å². The van der Waals surface area contributed by atoms with Crippen LogP contribution in [0.1, 0.15) is 19.3 Å². The highest BCUT2D eigenvalue weighted by Crippen LogP contribution is 2.27. The maximum Gasteiger partial charge on any atom is 0.0884 e. The Morgan fingerprint density at radius 1 is 1.70 bits per heavy atom. The van der Waals surface area contributed by atoms with Gasteiger partial charge in [0.2, 0.25) is 0 Å². The highest BCUT2D eigenvalue weighted by molar-refractivity contribution is 7.82. The second-order valence-electron chi connectivity index (χ2n) is 2.99. The van der Waals surface area contributed by atoms with Gasteiger partial charge in [-0.1, -0.05) is 0 Å². The van der Waals surface area contributed by atoms with Crippen molar-refractivity contribution >= 4 is 11.0 Å². The van der Waals surface area contributed by atoms with Crippen molar-refractivity contribution < 1.29 is 4.21 Å². The van der Waals surface area contributed by atoms with Gasteiger partial charge in [0.05, 0.1) is 11.0 Å². The molecule has 0 saturated heterocycles. The predicted octanol–water partition coefficient (Wildman–Crippen LogP) is -0.249. The van der Waals surface area contributed by atoms with E-state index in [1.54, 1.807) is 6.26 Å². The highest BCUT2D eigenvalue weighted by Gasteiger charge is 2.31. The zero-order valence-electron chi connectivity index (χ0n) is 6.22. The molecule has 3 nitrogen and oxygen atoms in total. The Bertz CT molecular complexity index is 145. The molecule has 1 atom stereocenters. The van der Waals surface area contributed by atoms with Crippen molar-refractivity contribution in [2.24, 2.45) is 5.73 Å². The van der Waals surface area contributed by atoms with Gasteiger partial charge in [0.25, 0.3) is 0 Å². The van der Waals surface area contributed by atoms with Crippen LogP contribution in [-0.2, 0) is 11.0 Å². The zero-order chi connectivity index (χ0) is 7.61. The minimum absolute atomic E-state index is 0.0499. The molecule has 10 heavy (non-hydrogen) atoms. The largest absolute Gasteiger partial charge is 0.324 e. The predicted molar refractivity (Wildman–Crippen MR) is 42.8 cm³/mol. The summed E-state index contributed by atoms with van der Waals surface area (Å²) >= 11 is 0. The Hall–Kier alpha value is 0.0700. The van der Waals surface area contributed by atoms with E-state index in [-0.39, 0.29) is 5.54 Å². The second-order valence-corrected chi connectivity index (χ2v) is 4.19. The number of nitrogens with two attached hydrogens (primary N) is 1. The molecule has 0 aromatic rings. The van der Waals surface area contributed by atoms with Gasteiger partial charge in [0.15, 0.2) is 0 Å². The summed E-state index contributed by atoms with van der Waals surface area (Å²) in [5.74, 6) is 0. The molecule has 0 spiro atoms. The van der Waals surface area contributed by atoms with Gasteiger partial charge in [-0.2, -0.15) is 0 Å². The molecule has 1 aliphatic carbocycles. The van der Waals surface area contributed by atoms with E-state index in [9.17, 15) is 4.21 Å². The van der Waals surface area contributed by atoms with Crippen LogP contribution in [0.2, 0.25) is 0 Å². The minimum atomic E-state index is -0.910. The Morgan fingerprint density at radius 2 is 2.30 bits per heavy atom. The highest BCUT2D eigenvalue weighted by atomic mass is 32.2. The lowest BCUT2D eigenvalue weighted by Gasteiger charge is -2.37. The van der Waals surface area contributed by atoms with E-state index in [4.69, 9.17) is 5.73 Å². The number of rotatable bonds is 3. The SMILES string of the molecule is CS(=O)NCC1(N)CCC1. The first-order chi connectivity index (χ1) is 4.62. The standard InChI is InChI=1S/C6H14N2OS/c1-10(9)8-5-6(7)3-2-4-6/h8H,2-5,7H2,1H3. The van der Waals surface area contributed by atoms with Gasteiger partial charge in [0.1, 0.15) is 0 Å². The molecule has 3 N–H and O–H groups in total. The van der Waals surface area contributed by atoms with Gasteiger partial charge in [-0.25, -0.2) is 8.93 Å². The lowest BCUT2D eigenvalue weighted by atomic mass is 9.78. The third kappa shape index (κ3) is 2.04. The maximum absolute atomic E-state index is 10.6. The van der Waals surface area contributed by atoms with Crippen molar-refractivity contribution in [3.8, 4) is 0 Å². The first-order valence-corrected chi connectivity index (χ1v) is 5.04. The van der Waals surface area contributed by atoms with Crippen LogP contribution in [0, 0.1) is 0 Å². The van der Waals surface area contributed by atoms with E-state index in [1.807, 2.05) is 0 Å². The third-order valence-corrected chi connectivity index (χ3v) is 2.53. The summed E-state index contributed by atoms with van der Waals surface area (Å²) in [6.07, 6.45) is 4.98. The maximum atomic E-state index is 10.6. The van der Waals surface area contributed by atoms with Crippen molar-refractivity contribution in [2.45, 2.75) is 24.8 Å². The molecule has 0 heterocycles. The number of hydrogen-bond donors (Lipinski definition) is 2. The molecule has 1 unspecified atom stereocenters. The van der Waals surface area contributed by atoms with Gasteiger partial charge in [0, 0.05) is 18.3 Å². The fourth-order valence-corrected chi connectivity index (χ4v) is 1.54. The Morgan fingerprint density at radius 3 is 2.60 bits per heavy atom. The Kier molecular flexibility index (Phi) is 2.44. The smallest absolute Gasteiger partial charge is 0.0884 e. The average Bonchev–Trinajstić information content (AvgIpc) is 1.79. The van der Waals surface area contributed by atoms with Crippen LogP contribution in [-0.4, -0.2) is 22.5 Å². The fourth-order valence-electron chi connectivity index (χ4n) is 1.05. The normalized spacial score (nSPS) is 25.4. The van der Waals surface area contributed by atoms with Crippen LogP contribution in [0.5, 0.6) is 0 Å². The van der Waals surface area contributed by atoms with E-state index >= 15 is 0 Å². The molecule has 0 radical (unpaired) electrons. The summed E-state index contributed by atoms with van der Waals surface area (Å²) < 4.78 is 13.4. The van der Waals surface area contributed by atoms with Gasteiger partial charge >= 0.3 is 0 Å². The lowest BCUT2D eigenvalue weighted by molar-refractivity contribution is 0.252. The molecule has 4 heteroatoms. The summed E-state index contributed by atoms with van der Waals surface area (Å²) in [6.45, 7) is 0.691. The van der Waals surface area contributed by atoms with Crippen molar-refractivity contribution in [1.29, 1.82) is 0 Å². The first-order valence-electron chi connectivity index (χ1n) is 3.48. The van der Waals surface area contributed by atoms with E-state index in [0.717, 1.165) is 12.8 Å². The van der Waals surface area contributed by atoms with Crippen LogP contribution >= 0.6 is 0 Å².